The topological polar surface area (TPSA) is 33.0 Å². The van der Waals surface area contributed by atoms with Gasteiger partial charge in [-0.3, -0.25) is 0 Å². The lowest BCUT2D eigenvalue weighted by molar-refractivity contribution is 0.300. The van der Waals surface area contributed by atoms with Gasteiger partial charge in [-0.15, -0.1) is 0 Å². The molecule has 110 valence electrons. The smallest absolute Gasteiger partial charge is 0.125 e. The van der Waals surface area contributed by atoms with E-state index in [1.165, 1.54) is 38.5 Å². The molecule has 20 heavy (non-hydrogen) atoms. The summed E-state index contributed by atoms with van der Waals surface area (Å²) in [4.78, 5) is 0. The third-order valence-electron chi connectivity index (χ3n) is 3.58. The summed E-state index contributed by atoms with van der Waals surface area (Å²) >= 11 is 0. The minimum absolute atomic E-state index is 0.711. The molecule has 2 heteroatoms. The van der Waals surface area contributed by atoms with Crippen molar-refractivity contribution in [3.8, 4) is 11.8 Å². The Hall–Kier alpha value is -1.49. The molecule has 0 spiro atoms. The van der Waals surface area contributed by atoms with Gasteiger partial charge in [0.25, 0.3) is 0 Å². The number of benzene rings is 1. The second-order valence-corrected chi connectivity index (χ2v) is 5.52. The maximum atomic E-state index is 8.92. The predicted molar refractivity (Wildman–Crippen MR) is 84.1 cm³/mol. The first-order valence-corrected chi connectivity index (χ1v) is 7.83. The number of rotatable bonds is 9. The van der Waals surface area contributed by atoms with Crippen LogP contribution in [0, 0.1) is 25.2 Å². The molecule has 1 aromatic carbocycles. The third-order valence-corrected chi connectivity index (χ3v) is 3.58. The summed E-state index contributed by atoms with van der Waals surface area (Å²) in [6.07, 6.45) is 9.06. The van der Waals surface area contributed by atoms with Gasteiger partial charge in [-0.1, -0.05) is 45.4 Å². The van der Waals surface area contributed by atoms with Crippen LogP contribution in [0.15, 0.2) is 12.1 Å². The highest BCUT2D eigenvalue weighted by Crippen LogP contribution is 2.24. The Labute approximate surface area is 123 Å². The van der Waals surface area contributed by atoms with Gasteiger partial charge in [0.2, 0.25) is 0 Å². The van der Waals surface area contributed by atoms with Crippen LogP contribution in [0.25, 0.3) is 0 Å². The maximum Gasteiger partial charge on any atom is 0.125 e. The molecule has 0 atom stereocenters. The van der Waals surface area contributed by atoms with E-state index in [1.54, 1.807) is 0 Å². The van der Waals surface area contributed by atoms with Crippen LogP contribution < -0.4 is 4.74 Å². The quantitative estimate of drug-likeness (QED) is 0.572. The fourth-order valence-corrected chi connectivity index (χ4v) is 2.48. The zero-order valence-corrected chi connectivity index (χ0v) is 13.2. The molecule has 0 unspecified atom stereocenters. The van der Waals surface area contributed by atoms with Crippen LogP contribution in [0.1, 0.15) is 68.6 Å². The largest absolute Gasteiger partial charge is 0.493 e. The van der Waals surface area contributed by atoms with Gasteiger partial charge in [-0.25, -0.2) is 0 Å². The molecule has 0 saturated heterocycles. The highest BCUT2D eigenvalue weighted by atomic mass is 16.5. The number of ether oxygens (including phenoxy) is 1. The summed E-state index contributed by atoms with van der Waals surface area (Å²) in [5, 5.41) is 8.92. The fraction of sp³-hybridized carbons (Fsp3) is 0.611. The molecule has 0 aliphatic heterocycles. The van der Waals surface area contributed by atoms with Crippen molar-refractivity contribution >= 4 is 0 Å². The molecule has 0 fully saturated rings. The average molecular weight is 273 g/mol. The second kappa shape index (κ2) is 9.42. The van der Waals surface area contributed by atoms with Crippen LogP contribution in [0.3, 0.4) is 0 Å². The zero-order valence-electron chi connectivity index (χ0n) is 13.2. The van der Waals surface area contributed by atoms with Crippen LogP contribution in [-0.2, 0) is 0 Å². The van der Waals surface area contributed by atoms with Gasteiger partial charge in [-0.05, 0) is 43.5 Å². The van der Waals surface area contributed by atoms with Gasteiger partial charge in [0.1, 0.15) is 5.75 Å². The molecule has 0 radical (unpaired) electrons. The van der Waals surface area contributed by atoms with Gasteiger partial charge in [0, 0.05) is 0 Å². The van der Waals surface area contributed by atoms with Crippen molar-refractivity contribution < 1.29 is 4.74 Å². The molecule has 0 N–H and O–H groups in total. The van der Waals surface area contributed by atoms with Crippen LogP contribution in [0.5, 0.6) is 5.75 Å². The van der Waals surface area contributed by atoms with E-state index < -0.39 is 0 Å². The number of nitriles is 1. The molecule has 0 saturated carbocycles. The van der Waals surface area contributed by atoms with Crippen molar-refractivity contribution in [3.63, 3.8) is 0 Å². The van der Waals surface area contributed by atoms with E-state index in [4.69, 9.17) is 10.00 Å². The first-order chi connectivity index (χ1) is 9.69. The first-order valence-electron chi connectivity index (χ1n) is 7.83. The summed E-state index contributed by atoms with van der Waals surface area (Å²) in [7, 11) is 0. The van der Waals surface area contributed by atoms with E-state index in [-0.39, 0.29) is 0 Å². The van der Waals surface area contributed by atoms with Gasteiger partial charge in [-0.2, -0.15) is 5.26 Å². The molecule has 1 rings (SSSR count). The summed E-state index contributed by atoms with van der Waals surface area (Å²) in [5.74, 6) is 0.954. The van der Waals surface area contributed by atoms with E-state index in [9.17, 15) is 0 Å². The molecule has 0 heterocycles. The predicted octanol–water partition coefficient (Wildman–Crippen LogP) is 5.30. The molecular weight excluding hydrogens is 246 g/mol. The Kier molecular flexibility index (Phi) is 7.80. The molecule has 0 amide bonds. The Morgan fingerprint density at radius 2 is 1.50 bits per heavy atom. The lowest BCUT2D eigenvalue weighted by Crippen LogP contribution is -2.01. The van der Waals surface area contributed by atoms with E-state index >= 15 is 0 Å². The maximum absolute atomic E-state index is 8.92. The van der Waals surface area contributed by atoms with Crippen molar-refractivity contribution in [2.24, 2.45) is 0 Å². The summed E-state index contributed by atoms with van der Waals surface area (Å²) < 4.78 is 5.89. The van der Waals surface area contributed by atoms with E-state index in [2.05, 4.69) is 13.0 Å². The minimum Gasteiger partial charge on any atom is -0.493 e. The zero-order chi connectivity index (χ0) is 14.8. The van der Waals surface area contributed by atoms with Crippen molar-refractivity contribution in [1.29, 1.82) is 5.26 Å². The number of hydrogen-bond acceptors (Lipinski definition) is 2. The molecule has 0 aliphatic rings. The molecular formula is C18H27NO. The average Bonchev–Trinajstić information content (AvgIpc) is 2.43. The fourth-order valence-electron chi connectivity index (χ4n) is 2.48. The molecule has 0 aliphatic carbocycles. The Morgan fingerprint density at radius 1 is 0.950 bits per heavy atom. The van der Waals surface area contributed by atoms with Gasteiger partial charge < -0.3 is 4.74 Å². The van der Waals surface area contributed by atoms with E-state index in [0.29, 0.717) is 5.56 Å². The van der Waals surface area contributed by atoms with Crippen LogP contribution >= 0.6 is 0 Å². The van der Waals surface area contributed by atoms with Crippen LogP contribution in [0.2, 0.25) is 0 Å². The van der Waals surface area contributed by atoms with Crippen molar-refractivity contribution in [1.82, 2.24) is 0 Å². The Bertz CT molecular complexity index is 422. The summed E-state index contributed by atoms with van der Waals surface area (Å²) in [6, 6.07) is 5.97. The molecule has 0 bridgehead atoms. The van der Waals surface area contributed by atoms with Crippen LogP contribution in [-0.4, -0.2) is 6.61 Å². The number of hydrogen-bond donors (Lipinski definition) is 0. The number of unbranched alkanes of at least 4 members (excludes halogenated alkanes) is 6. The number of aryl methyl sites for hydroxylation is 2. The van der Waals surface area contributed by atoms with Crippen molar-refractivity contribution in [2.45, 2.75) is 65.7 Å². The first kappa shape index (κ1) is 16.6. The van der Waals surface area contributed by atoms with Gasteiger partial charge >= 0.3 is 0 Å². The highest BCUT2D eigenvalue weighted by molar-refractivity contribution is 5.47. The standard InChI is InChI=1S/C18H27NO/c1-4-5-6-7-8-9-10-11-20-18-15(2)12-17(14-19)13-16(18)3/h12-13H,4-11H2,1-3H3. The van der Waals surface area contributed by atoms with Crippen molar-refractivity contribution in [2.75, 3.05) is 6.61 Å². The Balaban J connectivity index is 2.27. The van der Waals surface area contributed by atoms with Gasteiger partial charge in [0.05, 0.1) is 18.2 Å². The second-order valence-electron chi connectivity index (χ2n) is 5.52. The number of nitrogens with zero attached hydrogens (tertiary/aromatic N) is 1. The van der Waals surface area contributed by atoms with Crippen LogP contribution in [0.4, 0.5) is 0 Å². The van der Waals surface area contributed by atoms with Crippen molar-refractivity contribution in [3.05, 3.63) is 28.8 Å². The monoisotopic (exact) mass is 273 g/mol. The normalized spacial score (nSPS) is 10.3. The Morgan fingerprint density at radius 3 is 2.05 bits per heavy atom. The van der Waals surface area contributed by atoms with E-state index in [0.717, 1.165) is 29.9 Å². The molecule has 1 aromatic rings. The van der Waals surface area contributed by atoms with E-state index in [1.807, 2.05) is 26.0 Å². The minimum atomic E-state index is 0.711. The lowest BCUT2D eigenvalue weighted by Gasteiger charge is -2.12. The molecule has 2 nitrogen and oxygen atoms in total. The van der Waals surface area contributed by atoms with Gasteiger partial charge in [0.15, 0.2) is 0 Å². The summed E-state index contributed by atoms with van der Waals surface area (Å²) in [5.41, 5.74) is 2.83. The summed E-state index contributed by atoms with van der Waals surface area (Å²) in [6.45, 7) is 7.04. The third kappa shape index (κ3) is 5.65. The lowest BCUT2D eigenvalue weighted by atomic mass is 10.1. The SMILES string of the molecule is CCCCCCCCCOc1c(C)cc(C#N)cc1C. The highest BCUT2D eigenvalue weighted by Gasteiger charge is 2.06. The molecule has 0 aromatic heterocycles.